The molecule has 5 aromatic rings. The predicted octanol–water partition coefficient (Wildman–Crippen LogP) is 5.34. The molecule has 2 aromatic heterocycles. The van der Waals surface area contributed by atoms with Crippen molar-refractivity contribution >= 4 is 70.9 Å². The number of thiol groups is 1. The van der Waals surface area contributed by atoms with Crippen LogP contribution >= 0.6 is 12.6 Å². The number of para-hydroxylation sites is 1. The average Bonchev–Trinajstić information content (AvgIpc) is 3.86. The molecule has 72 heavy (non-hydrogen) atoms. The van der Waals surface area contributed by atoms with Crippen LogP contribution in [0.25, 0.3) is 22.3 Å². The van der Waals surface area contributed by atoms with Crippen molar-refractivity contribution in [2.24, 2.45) is 5.73 Å². The van der Waals surface area contributed by atoms with Gasteiger partial charge in [-0.25, -0.2) is 14.6 Å². The van der Waals surface area contributed by atoms with Crippen LogP contribution < -0.4 is 27.2 Å². The van der Waals surface area contributed by atoms with E-state index in [2.05, 4.69) is 28.6 Å². The highest BCUT2D eigenvalue weighted by Gasteiger charge is 2.51. The molecule has 18 nitrogen and oxygen atoms in total. The monoisotopic (exact) mass is 999 g/mol. The third-order valence-electron chi connectivity index (χ3n) is 13.2. The van der Waals surface area contributed by atoms with Crippen LogP contribution in [0.2, 0.25) is 0 Å². The fourth-order valence-electron chi connectivity index (χ4n) is 9.30. The highest BCUT2D eigenvalue weighted by molar-refractivity contribution is 7.81. The van der Waals surface area contributed by atoms with Crippen molar-refractivity contribution in [2.75, 3.05) is 18.4 Å². The topological polar surface area (TPSA) is 247 Å². The van der Waals surface area contributed by atoms with Gasteiger partial charge in [0.15, 0.2) is 0 Å². The molecule has 5 amide bonds. The Morgan fingerprint density at radius 2 is 1.64 bits per heavy atom. The van der Waals surface area contributed by atoms with Crippen LogP contribution in [-0.2, 0) is 74.8 Å². The van der Waals surface area contributed by atoms with E-state index in [1.54, 1.807) is 41.8 Å². The molecule has 0 bridgehead atoms. The normalized spacial score (nSPS) is 17.6. The number of unbranched alkanes of at least 4 members (excludes halogenated alkanes) is 3. The van der Waals surface area contributed by atoms with Crippen LogP contribution in [-0.4, -0.2) is 86.5 Å². The Bertz CT molecular complexity index is 2950. The van der Waals surface area contributed by atoms with Gasteiger partial charge in [0.1, 0.15) is 25.3 Å². The van der Waals surface area contributed by atoms with Crippen molar-refractivity contribution in [3.63, 3.8) is 0 Å². The molecule has 0 radical (unpaired) electrons. The molecule has 4 atom stereocenters. The van der Waals surface area contributed by atoms with Crippen LogP contribution in [0, 0.1) is 0 Å². The van der Waals surface area contributed by atoms with E-state index in [0.717, 1.165) is 22.0 Å². The van der Waals surface area contributed by atoms with Gasteiger partial charge < -0.3 is 40.5 Å². The summed E-state index contributed by atoms with van der Waals surface area (Å²) >= 11 is 4.16. The second-order valence-electron chi connectivity index (χ2n) is 18.2. The molecule has 5 N–H and O–H groups in total. The lowest BCUT2D eigenvalue weighted by Gasteiger charge is -2.35. The fraction of sp³-hybridized carbons (Fsp3) is 0.377. The van der Waals surface area contributed by atoms with Gasteiger partial charge in [-0.05, 0) is 86.5 Å². The number of nitrogens with two attached hydrogens (primary N) is 1. The standard InChI is InChI=1S/C53H57N7O11S/c1-2-53(38-27-42-46-35(26-34-15-8-9-16-39(34)57-46)29-60(42)49(65)37(38)31-69-51(53)67)71-52(68)70-30-33-19-21-36(22-20-33)55-47(63)40(17-10-11-23-54)58-48(64)41(25-32-13-5-3-6-14-32)56-44(61)18-7-4-12-24-59-45(62)28-43(72)50(59)66/h3,5-6,8-9,13-16,19-22,26-27,40-41,43,72H,2,4,7,10-12,17-18,23-25,28-31,54H2,1H3,(H,55,63)(H,56,61)(H,58,64)/t40?,41?,43?,53-/m1/s1. The van der Waals surface area contributed by atoms with Crippen LogP contribution in [0.15, 0.2) is 95.8 Å². The average molecular weight is 1000 g/mol. The van der Waals surface area contributed by atoms with Crippen molar-refractivity contribution in [1.29, 1.82) is 0 Å². The van der Waals surface area contributed by atoms with Gasteiger partial charge in [-0.2, -0.15) is 12.6 Å². The molecule has 0 spiro atoms. The number of fused-ring (bicyclic) bond motifs is 5. The minimum atomic E-state index is -1.96. The molecule has 3 aliphatic rings. The summed E-state index contributed by atoms with van der Waals surface area (Å²) in [6, 6.07) is 24.9. The summed E-state index contributed by atoms with van der Waals surface area (Å²) in [6.07, 6.45) is 2.11. The highest BCUT2D eigenvalue weighted by Crippen LogP contribution is 2.41. The number of nitrogens with zero attached hydrogens (tertiary/aromatic N) is 3. The number of amides is 5. The number of carbonyl (C=O) groups is 7. The van der Waals surface area contributed by atoms with Gasteiger partial charge in [-0.1, -0.05) is 74.0 Å². The molecule has 5 heterocycles. The summed E-state index contributed by atoms with van der Waals surface area (Å²) in [7, 11) is 0. The zero-order valence-corrected chi connectivity index (χ0v) is 40.8. The fourth-order valence-corrected chi connectivity index (χ4v) is 9.60. The van der Waals surface area contributed by atoms with Crippen LogP contribution in [0.5, 0.6) is 0 Å². The van der Waals surface area contributed by atoms with Gasteiger partial charge in [0.05, 0.1) is 34.3 Å². The van der Waals surface area contributed by atoms with Crippen molar-refractivity contribution in [3.8, 4) is 11.4 Å². The van der Waals surface area contributed by atoms with Crippen LogP contribution in [0.1, 0.15) is 92.5 Å². The van der Waals surface area contributed by atoms with Gasteiger partial charge in [-0.15, -0.1) is 0 Å². The van der Waals surface area contributed by atoms with E-state index in [-0.39, 0.29) is 92.8 Å². The zero-order valence-electron chi connectivity index (χ0n) is 39.9. The number of hydrogen-bond donors (Lipinski definition) is 5. The summed E-state index contributed by atoms with van der Waals surface area (Å²) in [5.41, 5.74) is 8.23. The summed E-state index contributed by atoms with van der Waals surface area (Å²) in [5.74, 6) is -2.80. The molecule has 8 rings (SSSR count). The molecular formula is C53H57N7O11S. The molecule has 376 valence electrons. The van der Waals surface area contributed by atoms with E-state index < -0.39 is 46.9 Å². The maximum atomic E-state index is 14.0. The number of benzene rings is 3. The first-order valence-corrected chi connectivity index (χ1v) is 24.7. The van der Waals surface area contributed by atoms with Crippen molar-refractivity contribution < 1.29 is 47.8 Å². The Labute approximate surface area is 420 Å². The summed E-state index contributed by atoms with van der Waals surface area (Å²) < 4.78 is 18.3. The number of ether oxygens (including phenoxy) is 3. The van der Waals surface area contributed by atoms with E-state index >= 15 is 0 Å². The number of aromatic nitrogens is 2. The second kappa shape index (κ2) is 22.8. The second-order valence-corrected chi connectivity index (χ2v) is 18.8. The molecule has 0 saturated carbocycles. The van der Waals surface area contributed by atoms with Gasteiger partial charge in [0.2, 0.25) is 35.1 Å². The van der Waals surface area contributed by atoms with E-state index in [1.807, 2.05) is 60.7 Å². The molecule has 3 aliphatic heterocycles. The lowest BCUT2D eigenvalue weighted by Crippen LogP contribution is -2.53. The third kappa shape index (κ3) is 11.4. The zero-order chi connectivity index (χ0) is 50.9. The first-order chi connectivity index (χ1) is 34.8. The smallest absolute Gasteiger partial charge is 0.457 e. The summed E-state index contributed by atoms with van der Waals surface area (Å²) in [6.45, 7) is 2.02. The third-order valence-corrected chi connectivity index (χ3v) is 13.6. The highest BCUT2D eigenvalue weighted by atomic mass is 32.1. The molecule has 3 unspecified atom stereocenters. The molecule has 1 fully saturated rings. The van der Waals surface area contributed by atoms with Crippen LogP contribution in [0.4, 0.5) is 10.5 Å². The number of likely N-dealkylation sites (tertiary alicyclic amines) is 1. The number of carbonyl (C=O) groups excluding carboxylic acids is 7. The van der Waals surface area contributed by atoms with E-state index in [0.29, 0.717) is 61.3 Å². The molecular weight excluding hydrogens is 943 g/mol. The summed E-state index contributed by atoms with van der Waals surface area (Å²) in [4.78, 5) is 112. The Kier molecular flexibility index (Phi) is 16.1. The van der Waals surface area contributed by atoms with Crippen LogP contribution in [0.3, 0.4) is 0 Å². The lowest BCUT2D eigenvalue weighted by molar-refractivity contribution is -0.175. The first-order valence-electron chi connectivity index (χ1n) is 24.2. The van der Waals surface area contributed by atoms with Crippen molar-refractivity contribution in [1.82, 2.24) is 25.1 Å². The maximum absolute atomic E-state index is 14.0. The molecule has 0 aliphatic carbocycles. The number of hydrogen-bond acceptors (Lipinski definition) is 14. The Morgan fingerprint density at radius 3 is 2.38 bits per heavy atom. The van der Waals surface area contributed by atoms with Gasteiger partial charge in [-0.3, -0.25) is 33.7 Å². The number of cyclic esters (lactones) is 1. The largest absolute Gasteiger partial charge is 0.510 e. The SMILES string of the molecule is CC[C@]1(OC(=O)OCc2ccc(NC(=O)C(CCCCN)NC(=O)C(Cc3ccccc3)NC(=O)CCCCCN3C(=O)CC(S)C3=O)cc2)C(=O)OCc2c1cc1n(c2=O)Cc2cc3ccccc3nc2-1. The van der Waals surface area contributed by atoms with Gasteiger partial charge >= 0.3 is 12.1 Å². The summed E-state index contributed by atoms with van der Waals surface area (Å²) in [5, 5.41) is 8.85. The molecule has 19 heteroatoms. The quantitative estimate of drug-likeness (QED) is 0.0265. The maximum Gasteiger partial charge on any atom is 0.510 e. The van der Waals surface area contributed by atoms with E-state index in [1.165, 1.54) is 4.90 Å². The number of esters is 1. The Hall–Kier alpha value is -7.38. The first kappa shape index (κ1) is 51.0. The van der Waals surface area contributed by atoms with Crippen molar-refractivity contribution in [2.45, 2.75) is 114 Å². The van der Waals surface area contributed by atoms with E-state index in [9.17, 15) is 38.4 Å². The number of rotatable bonds is 21. The number of imide groups is 1. The van der Waals surface area contributed by atoms with E-state index in [4.69, 9.17) is 24.9 Å². The Morgan fingerprint density at radius 1 is 0.875 bits per heavy atom. The number of nitrogens with one attached hydrogen (secondary N) is 3. The number of pyridine rings is 2. The Balaban J connectivity index is 0.879. The van der Waals surface area contributed by atoms with Gasteiger partial charge in [0, 0.05) is 48.0 Å². The predicted molar refractivity (Wildman–Crippen MR) is 268 cm³/mol. The number of anilines is 1. The molecule has 1 saturated heterocycles. The van der Waals surface area contributed by atoms with Crippen molar-refractivity contribution in [3.05, 3.63) is 129 Å². The minimum Gasteiger partial charge on any atom is -0.457 e. The molecule has 3 aromatic carbocycles. The minimum absolute atomic E-state index is 0.0483. The van der Waals surface area contributed by atoms with Gasteiger partial charge in [0.25, 0.3) is 5.56 Å². The lowest BCUT2D eigenvalue weighted by atomic mass is 9.85.